The Balaban J connectivity index is 2.23. The Morgan fingerprint density at radius 1 is 1.42 bits per heavy atom. The second kappa shape index (κ2) is 5.73. The molecule has 2 aromatic heterocycles. The summed E-state index contributed by atoms with van der Waals surface area (Å²) in [6.07, 6.45) is 1.78. The molecular weight excluding hydrogens is 318 g/mol. The van der Waals surface area contributed by atoms with Crippen LogP contribution in [-0.4, -0.2) is 60.7 Å². The van der Waals surface area contributed by atoms with E-state index in [1.54, 1.807) is 0 Å². The number of carbonyl (C=O) groups is 1. The van der Waals surface area contributed by atoms with Crippen LogP contribution in [0, 0.1) is 12.3 Å². The first-order valence-corrected chi connectivity index (χ1v) is 6.96. The van der Waals surface area contributed by atoms with Crippen molar-refractivity contribution in [1.82, 2.24) is 14.5 Å². The molecule has 3 rings (SSSR count). The highest BCUT2D eigenvalue weighted by molar-refractivity contribution is 6.09. The number of rotatable bonds is 3. The first-order chi connectivity index (χ1) is 11.4. The van der Waals surface area contributed by atoms with E-state index in [-0.39, 0.29) is 28.2 Å². The third kappa shape index (κ3) is 2.27. The zero-order chi connectivity index (χ0) is 17.6. The lowest BCUT2D eigenvalue weighted by molar-refractivity contribution is -0.0509. The van der Waals surface area contributed by atoms with Crippen molar-refractivity contribution in [2.75, 3.05) is 12.3 Å². The van der Waals surface area contributed by atoms with Gasteiger partial charge in [-0.15, -0.1) is 6.42 Å². The van der Waals surface area contributed by atoms with E-state index >= 15 is 0 Å². The number of nitrogen functional groups attached to an aromatic ring is 1. The quantitative estimate of drug-likeness (QED) is 0.391. The van der Waals surface area contributed by atoms with Gasteiger partial charge in [-0.3, -0.25) is 4.79 Å². The summed E-state index contributed by atoms with van der Waals surface area (Å²) in [5.41, 5.74) is 11.3. The van der Waals surface area contributed by atoms with Gasteiger partial charge in [0.2, 0.25) is 5.82 Å². The number of aromatic nitrogens is 3. The Kier molecular flexibility index (Phi) is 3.86. The maximum Gasteiger partial charge on any atom is 0.251 e. The lowest BCUT2D eigenvalue weighted by Crippen LogP contribution is -2.33. The van der Waals surface area contributed by atoms with Crippen LogP contribution in [0.25, 0.3) is 11.0 Å². The van der Waals surface area contributed by atoms with E-state index < -0.39 is 37.1 Å². The molecule has 4 atom stereocenters. The zero-order valence-corrected chi connectivity index (χ0v) is 12.3. The number of hydrogen-bond donors (Lipinski definition) is 5. The van der Waals surface area contributed by atoms with Crippen molar-refractivity contribution < 1.29 is 24.9 Å². The lowest BCUT2D eigenvalue weighted by atomic mass is 10.1. The number of fused-ring (bicyclic) bond motifs is 1. The van der Waals surface area contributed by atoms with E-state index in [9.17, 15) is 20.1 Å². The minimum Gasteiger partial charge on any atom is -0.394 e. The van der Waals surface area contributed by atoms with Gasteiger partial charge < -0.3 is 36.1 Å². The number of aliphatic hydroxyl groups is 3. The van der Waals surface area contributed by atoms with Crippen molar-refractivity contribution in [3.05, 3.63) is 17.6 Å². The molecule has 1 aliphatic heterocycles. The molecule has 10 nitrogen and oxygen atoms in total. The van der Waals surface area contributed by atoms with Gasteiger partial charge in [-0.1, -0.05) is 0 Å². The molecule has 1 fully saturated rings. The van der Waals surface area contributed by atoms with Crippen LogP contribution in [0.1, 0.15) is 22.4 Å². The van der Waals surface area contributed by atoms with Gasteiger partial charge in [-0.25, -0.2) is 9.97 Å². The Labute approximate surface area is 135 Å². The van der Waals surface area contributed by atoms with Crippen molar-refractivity contribution in [3.63, 3.8) is 0 Å². The summed E-state index contributed by atoms with van der Waals surface area (Å²) in [4.78, 5) is 19.7. The monoisotopic (exact) mass is 333 g/mol. The third-order valence-corrected chi connectivity index (χ3v) is 3.89. The number of hydrogen-bond acceptors (Lipinski definition) is 8. The fourth-order valence-electron chi connectivity index (χ4n) is 2.73. The molecular formula is C14H15N5O5. The topological polar surface area (TPSA) is 170 Å². The number of aliphatic hydroxyl groups excluding tert-OH is 3. The predicted molar refractivity (Wildman–Crippen MR) is 81.4 cm³/mol. The third-order valence-electron chi connectivity index (χ3n) is 3.89. The van der Waals surface area contributed by atoms with Crippen molar-refractivity contribution in [1.29, 1.82) is 0 Å². The number of nitrogens with two attached hydrogens (primary N) is 2. The first-order valence-electron chi connectivity index (χ1n) is 6.96. The Bertz CT molecular complexity index is 857. The number of anilines is 1. The van der Waals surface area contributed by atoms with Gasteiger partial charge in [-0.05, 0) is 5.92 Å². The van der Waals surface area contributed by atoms with Crippen molar-refractivity contribution in [3.8, 4) is 12.3 Å². The highest BCUT2D eigenvalue weighted by Gasteiger charge is 2.44. The molecule has 10 heteroatoms. The molecule has 2 aromatic rings. The Morgan fingerprint density at radius 2 is 2.12 bits per heavy atom. The van der Waals surface area contributed by atoms with Crippen LogP contribution in [0.4, 0.5) is 5.82 Å². The fourth-order valence-corrected chi connectivity index (χ4v) is 2.73. The minimum absolute atomic E-state index is 0.0174. The maximum atomic E-state index is 11.7. The number of carbonyl (C=O) groups excluding carboxylic acids is 1. The normalized spacial score (nSPS) is 26.6. The number of terminal acetylenes is 1. The van der Waals surface area contributed by atoms with E-state index in [0.29, 0.717) is 0 Å². The minimum atomic E-state index is -1.37. The number of nitrogens with zero attached hydrogens (tertiary/aromatic N) is 3. The molecule has 126 valence electrons. The molecule has 1 amide bonds. The largest absolute Gasteiger partial charge is 0.394 e. The molecule has 0 bridgehead atoms. The fraction of sp³-hybridized carbons (Fsp3) is 0.357. The van der Waals surface area contributed by atoms with E-state index in [1.807, 2.05) is 0 Å². The van der Waals surface area contributed by atoms with Gasteiger partial charge in [0.15, 0.2) is 6.23 Å². The second-order valence-corrected chi connectivity index (χ2v) is 5.32. The molecule has 0 unspecified atom stereocenters. The highest BCUT2D eigenvalue weighted by Crippen LogP contribution is 2.34. The van der Waals surface area contributed by atoms with Crippen LogP contribution in [0.2, 0.25) is 0 Å². The molecule has 1 saturated heterocycles. The second-order valence-electron chi connectivity index (χ2n) is 5.32. The standard InChI is InChI=1S/C14H15N5O5/c1-2-7-17-11(15)8-5(12(16)23)3-19(13(8)18-7)14-10(22)9(21)6(4-20)24-14/h1,3,6,9-10,14,20-22H,4H2,(H2,16,23)(H2,15,17,18)/t6-,9-,10-,14-/m1/s1. The average molecular weight is 333 g/mol. The lowest BCUT2D eigenvalue weighted by Gasteiger charge is -2.17. The SMILES string of the molecule is C#Cc1nc(N)c2c(C(N)=O)cn([C@@H]3O[C@H](CO)[C@@H](O)[C@H]3O)c2n1. The smallest absolute Gasteiger partial charge is 0.251 e. The van der Waals surface area contributed by atoms with Crippen molar-refractivity contribution >= 4 is 22.8 Å². The molecule has 3 heterocycles. The van der Waals surface area contributed by atoms with Crippen LogP contribution in [0.15, 0.2) is 6.20 Å². The van der Waals surface area contributed by atoms with Gasteiger partial charge in [-0.2, -0.15) is 0 Å². The van der Waals surface area contributed by atoms with Gasteiger partial charge >= 0.3 is 0 Å². The highest BCUT2D eigenvalue weighted by atomic mass is 16.6. The number of ether oxygens (including phenoxy) is 1. The molecule has 1 aliphatic rings. The summed E-state index contributed by atoms with van der Waals surface area (Å²) in [6.45, 7) is -0.497. The average Bonchev–Trinajstić information content (AvgIpc) is 3.07. The molecule has 0 aromatic carbocycles. The summed E-state index contributed by atoms with van der Waals surface area (Å²) in [5.74, 6) is 1.37. The van der Waals surface area contributed by atoms with Crippen molar-refractivity contribution in [2.24, 2.45) is 5.73 Å². The maximum absolute atomic E-state index is 11.7. The number of primary amides is 1. The van der Waals surface area contributed by atoms with Gasteiger partial charge in [0.25, 0.3) is 5.91 Å². The first kappa shape index (κ1) is 16.2. The van der Waals surface area contributed by atoms with Gasteiger partial charge in [0.1, 0.15) is 29.8 Å². The van der Waals surface area contributed by atoms with Gasteiger partial charge in [0, 0.05) is 6.20 Å². The summed E-state index contributed by atoms with van der Waals surface area (Å²) in [6, 6.07) is 0. The van der Waals surface area contributed by atoms with E-state index in [1.165, 1.54) is 10.8 Å². The van der Waals surface area contributed by atoms with Crippen LogP contribution < -0.4 is 11.5 Å². The predicted octanol–water partition coefficient (Wildman–Crippen LogP) is -2.29. The van der Waals surface area contributed by atoms with Crippen LogP contribution in [-0.2, 0) is 4.74 Å². The van der Waals surface area contributed by atoms with Gasteiger partial charge in [0.05, 0.1) is 17.6 Å². The molecule has 7 N–H and O–H groups in total. The van der Waals surface area contributed by atoms with Crippen LogP contribution >= 0.6 is 0 Å². The molecule has 24 heavy (non-hydrogen) atoms. The molecule has 0 radical (unpaired) electrons. The summed E-state index contributed by atoms with van der Waals surface area (Å²) in [7, 11) is 0. The van der Waals surface area contributed by atoms with E-state index in [0.717, 1.165) is 0 Å². The Morgan fingerprint density at radius 3 is 2.67 bits per heavy atom. The molecule has 0 aliphatic carbocycles. The van der Waals surface area contributed by atoms with Crippen molar-refractivity contribution in [2.45, 2.75) is 24.5 Å². The van der Waals surface area contributed by atoms with Crippen LogP contribution in [0.3, 0.4) is 0 Å². The molecule has 0 spiro atoms. The van der Waals surface area contributed by atoms with Crippen LogP contribution in [0.5, 0.6) is 0 Å². The summed E-state index contributed by atoms with van der Waals surface area (Å²) in [5, 5.41) is 29.4. The van der Waals surface area contributed by atoms with E-state index in [2.05, 4.69) is 15.9 Å². The Hall–Kier alpha value is -2.71. The summed E-state index contributed by atoms with van der Waals surface area (Å²) >= 11 is 0. The number of amides is 1. The molecule has 0 saturated carbocycles. The zero-order valence-electron chi connectivity index (χ0n) is 12.3. The summed E-state index contributed by atoms with van der Waals surface area (Å²) < 4.78 is 6.73. The van der Waals surface area contributed by atoms with E-state index in [4.69, 9.17) is 22.6 Å².